The van der Waals surface area contributed by atoms with E-state index in [1.165, 1.54) is 10.9 Å². The van der Waals surface area contributed by atoms with Crippen LogP contribution in [0.15, 0.2) is 24.5 Å². The van der Waals surface area contributed by atoms with Gasteiger partial charge in [0.1, 0.15) is 5.65 Å². The van der Waals surface area contributed by atoms with Crippen LogP contribution in [0.1, 0.15) is 19.4 Å². The Morgan fingerprint density at radius 1 is 1.33 bits per heavy atom. The van der Waals surface area contributed by atoms with Crippen molar-refractivity contribution in [3.8, 4) is 0 Å². The number of aromatic amines is 1. The zero-order valence-corrected chi connectivity index (χ0v) is 11.2. The average molecular weight is 246 g/mol. The number of likely N-dealkylation sites (N-methyl/N-ethyl adjacent to an activating group) is 1. The minimum absolute atomic E-state index is 0.896. The number of aromatic nitrogens is 2. The minimum atomic E-state index is 0.896. The third-order valence-corrected chi connectivity index (χ3v) is 3.35. The highest BCUT2D eigenvalue weighted by Crippen LogP contribution is 2.14. The molecule has 18 heavy (non-hydrogen) atoms. The molecule has 0 fully saturated rings. The van der Waals surface area contributed by atoms with E-state index in [0.717, 1.165) is 38.4 Å². The van der Waals surface area contributed by atoms with E-state index in [-0.39, 0.29) is 0 Å². The van der Waals surface area contributed by atoms with Gasteiger partial charge in [0.2, 0.25) is 0 Å². The Hall–Kier alpha value is -1.39. The van der Waals surface area contributed by atoms with Crippen molar-refractivity contribution in [2.75, 3.05) is 26.2 Å². The van der Waals surface area contributed by atoms with Crippen molar-refractivity contribution in [3.63, 3.8) is 0 Å². The van der Waals surface area contributed by atoms with Gasteiger partial charge in [0.05, 0.1) is 0 Å². The largest absolute Gasteiger partial charge is 0.346 e. The highest BCUT2D eigenvalue weighted by molar-refractivity contribution is 5.79. The summed E-state index contributed by atoms with van der Waals surface area (Å²) in [6.45, 7) is 9.67. The Labute approximate surface area is 108 Å². The van der Waals surface area contributed by atoms with Crippen LogP contribution in [0.3, 0.4) is 0 Å². The normalized spacial score (nSPS) is 11.5. The second kappa shape index (κ2) is 6.52. The smallest absolute Gasteiger partial charge is 0.137 e. The highest BCUT2D eigenvalue weighted by Gasteiger charge is 2.03. The molecule has 0 atom stereocenters. The second-order valence-corrected chi connectivity index (χ2v) is 4.42. The fourth-order valence-corrected chi connectivity index (χ4v) is 2.16. The van der Waals surface area contributed by atoms with Gasteiger partial charge in [-0.1, -0.05) is 13.8 Å². The molecule has 2 N–H and O–H groups in total. The number of nitrogens with zero attached hydrogens (tertiary/aromatic N) is 2. The quantitative estimate of drug-likeness (QED) is 0.734. The molecule has 2 rings (SSSR count). The first-order valence-corrected chi connectivity index (χ1v) is 6.69. The molecule has 0 saturated heterocycles. The van der Waals surface area contributed by atoms with Crippen molar-refractivity contribution in [1.82, 2.24) is 20.2 Å². The maximum atomic E-state index is 4.29. The van der Waals surface area contributed by atoms with Crippen molar-refractivity contribution in [1.29, 1.82) is 0 Å². The van der Waals surface area contributed by atoms with E-state index in [1.54, 1.807) is 0 Å². The lowest BCUT2D eigenvalue weighted by Gasteiger charge is -2.17. The molecule has 0 aliphatic rings. The van der Waals surface area contributed by atoms with Crippen LogP contribution in [-0.4, -0.2) is 41.0 Å². The van der Waals surface area contributed by atoms with E-state index in [2.05, 4.69) is 40.1 Å². The first-order chi connectivity index (χ1) is 8.85. The van der Waals surface area contributed by atoms with Gasteiger partial charge in [0, 0.05) is 37.4 Å². The molecule has 4 nitrogen and oxygen atoms in total. The van der Waals surface area contributed by atoms with E-state index in [0.29, 0.717) is 0 Å². The van der Waals surface area contributed by atoms with Gasteiger partial charge in [-0.25, -0.2) is 4.98 Å². The van der Waals surface area contributed by atoms with Crippen LogP contribution < -0.4 is 5.32 Å². The number of hydrogen-bond donors (Lipinski definition) is 2. The molecule has 2 aromatic heterocycles. The van der Waals surface area contributed by atoms with Gasteiger partial charge in [0.25, 0.3) is 0 Å². The third kappa shape index (κ3) is 3.09. The highest BCUT2D eigenvalue weighted by atomic mass is 15.1. The number of H-pyrrole nitrogens is 1. The van der Waals surface area contributed by atoms with Crippen LogP contribution >= 0.6 is 0 Å². The molecule has 2 heterocycles. The Balaban J connectivity index is 1.83. The summed E-state index contributed by atoms with van der Waals surface area (Å²) >= 11 is 0. The molecular weight excluding hydrogens is 224 g/mol. The SMILES string of the molecule is CCN(CC)CCNCc1c[nH]c2ncccc12. The monoisotopic (exact) mass is 246 g/mol. The van der Waals surface area contributed by atoms with Crippen LogP contribution in [0.25, 0.3) is 11.0 Å². The van der Waals surface area contributed by atoms with Crippen molar-refractivity contribution in [2.45, 2.75) is 20.4 Å². The Kier molecular flexibility index (Phi) is 4.73. The first kappa shape index (κ1) is 13.1. The zero-order chi connectivity index (χ0) is 12.8. The molecule has 98 valence electrons. The summed E-state index contributed by atoms with van der Waals surface area (Å²) in [5, 5.41) is 4.71. The molecule has 0 unspecified atom stereocenters. The molecule has 0 amide bonds. The molecule has 0 saturated carbocycles. The number of hydrogen-bond acceptors (Lipinski definition) is 3. The average Bonchev–Trinajstić information content (AvgIpc) is 2.82. The summed E-state index contributed by atoms with van der Waals surface area (Å²) < 4.78 is 0. The predicted molar refractivity (Wildman–Crippen MR) is 75.6 cm³/mol. The van der Waals surface area contributed by atoms with Crippen LogP contribution in [0, 0.1) is 0 Å². The van der Waals surface area contributed by atoms with Crippen LogP contribution in [0.4, 0.5) is 0 Å². The number of rotatable bonds is 7. The summed E-state index contributed by atoms with van der Waals surface area (Å²) in [6.07, 6.45) is 3.86. The molecule has 0 aliphatic carbocycles. The number of fused-ring (bicyclic) bond motifs is 1. The van der Waals surface area contributed by atoms with E-state index in [9.17, 15) is 0 Å². The number of pyridine rings is 1. The van der Waals surface area contributed by atoms with E-state index in [4.69, 9.17) is 0 Å². The van der Waals surface area contributed by atoms with Gasteiger partial charge in [-0.15, -0.1) is 0 Å². The summed E-state index contributed by atoms with van der Waals surface area (Å²) in [5.41, 5.74) is 2.26. The molecule has 0 aromatic carbocycles. The maximum absolute atomic E-state index is 4.29. The molecule has 0 spiro atoms. The molecular formula is C14H22N4. The lowest BCUT2D eigenvalue weighted by Crippen LogP contribution is -2.31. The van der Waals surface area contributed by atoms with Crippen molar-refractivity contribution >= 4 is 11.0 Å². The lowest BCUT2D eigenvalue weighted by molar-refractivity contribution is 0.302. The summed E-state index contributed by atoms with van der Waals surface area (Å²) in [5.74, 6) is 0. The van der Waals surface area contributed by atoms with Gasteiger partial charge in [-0.3, -0.25) is 0 Å². The van der Waals surface area contributed by atoms with E-state index in [1.807, 2.05) is 18.5 Å². The first-order valence-electron chi connectivity index (χ1n) is 6.69. The van der Waals surface area contributed by atoms with Gasteiger partial charge in [-0.05, 0) is 30.8 Å². The summed E-state index contributed by atoms with van der Waals surface area (Å²) in [7, 11) is 0. The molecule has 0 radical (unpaired) electrons. The van der Waals surface area contributed by atoms with Gasteiger partial charge in [-0.2, -0.15) is 0 Å². The maximum Gasteiger partial charge on any atom is 0.137 e. The fourth-order valence-electron chi connectivity index (χ4n) is 2.16. The zero-order valence-electron chi connectivity index (χ0n) is 11.2. The minimum Gasteiger partial charge on any atom is -0.346 e. The molecule has 4 heteroatoms. The van der Waals surface area contributed by atoms with Crippen molar-refractivity contribution < 1.29 is 0 Å². The molecule has 0 aliphatic heterocycles. The Bertz CT molecular complexity index is 473. The topological polar surface area (TPSA) is 44.0 Å². The summed E-state index contributed by atoms with van der Waals surface area (Å²) in [4.78, 5) is 9.91. The fraction of sp³-hybridized carbons (Fsp3) is 0.500. The Morgan fingerprint density at radius 3 is 2.94 bits per heavy atom. The Morgan fingerprint density at radius 2 is 2.17 bits per heavy atom. The number of nitrogens with one attached hydrogen (secondary N) is 2. The third-order valence-electron chi connectivity index (χ3n) is 3.35. The van der Waals surface area contributed by atoms with Gasteiger partial charge >= 0.3 is 0 Å². The van der Waals surface area contributed by atoms with Crippen LogP contribution in [-0.2, 0) is 6.54 Å². The van der Waals surface area contributed by atoms with Crippen LogP contribution in [0.5, 0.6) is 0 Å². The van der Waals surface area contributed by atoms with Crippen molar-refractivity contribution in [3.05, 3.63) is 30.1 Å². The van der Waals surface area contributed by atoms with E-state index < -0.39 is 0 Å². The molecule has 2 aromatic rings. The van der Waals surface area contributed by atoms with Gasteiger partial charge in [0.15, 0.2) is 0 Å². The standard InChI is InChI=1S/C14H22N4/c1-3-18(4-2)9-8-15-10-12-11-17-14-13(12)6-5-7-16-14/h5-7,11,15H,3-4,8-10H2,1-2H3,(H,16,17). The predicted octanol–water partition coefficient (Wildman–Crippen LogP) is 1.99. The molecule has 0 bridgehead atoms. The van der Waals surface area contributed by atoms with E-state index >= 15 is 0 Å². The van der Waals surface area contributed by atoms with Crippen LogP contribution in [0.2, 0.25) is 0 Å². The second-order valence-electron chi connectivity index (χ2n) is 4.42. The van der Waals surface area contributed by atoms with Crippen molar-refractivity contribution in [2.24, 2.45) is 0 Å². The van der Waals surface area contributed by atoms with Gasteiger partial charge < -0.3 is 15.2 Å². The summed E-state index contributed by atoms with van der Waals surface area (Å²) in [6, 6.07) is 4.09. The lowest BCUT2D eigenvalue weighted by atomic mass is 10.2.